The molecule has 0 bridgehead atoms. The molecule has 0 saturated carbocycles. The number of anilines is 2. The van der Waals surface area contributed by atoms with Crippen molar-refractivity contribution in [1.82, 2.24) is 5.32 Å². The van der Waals surface area contributed by atoms with Gasteiger partial charge in [-0.05, 0) is 42.8 Å². The lowest BCUT2D eigenvalue weighted by Gasteiger charge is -2.16. The van der Waals surface area contributed by atoms with Gasteiger partial charge in [-0.25, -0.2) is 0 Å². The van der Waals surface area contributed by atoms with E-state index in [1.54, 1.807) is 29.2 Å². The fourth-order valence-electron chi connectivity index (χ4n) is 3.03. The lowest BCUT2D eigenvalue weighted by molar-refractivity contribution is -0.122. The maximum Gasteiger partial charge on any atom is 0.251 e. The molecular formula is C21H23N3O3. The Morgan fingerprint density at radius 3 is 2.44 bits per heavy atom. The third-order valence-corrected chi connectivity index (χ3v) is 4.51. The summed E-state index contributed by atoms with van der Waals surface area (Å²) in [6.45, 7) is 2.99. The first-order chi connectivity index (χ1) is 13.1. The largest absolute Gasteiger partial charge is 0.352 e. The first kappa shape index (κ1) is 18.6. The summed E-state index contributed by atoms with van der Waals surface area (Å²) in [5, 5.41) is 5.65. The van der Waals surface area contributed by atoms with Gasteiger partial charge in [-0.1, -0.05) is 25.1 Å². The summed E-state index contributed by atoms with van der Waals surface area (Å²) < 4.78 is 0. The molecule has 1 heterocycles. The van der Waals surface area contributed by atoms with Crippen LogP contribution in [0.4, 0.5) is 11.4 Å². The Hall–Kier alpha value is -3.15. The first-order valence-electron chi connectivity index (χ1n) is 9.13. The van der Waals surface area contributed by atoms with Crippen molar-refractivity contribution in [2.24, 2.45) is 5.92 Å². The van der Waals surface area contributed by atoms with Crippen molar-refractivity contribution < 1.29 is 14.4 Å². The quantitative estimate of drug-likeness (QED) is 0.826. The number of hydrogen-bond acceptors (Lipinski definition) is 3. The van der Waals surface area contributed by atoms with Crippen LogP contribution in [0, 0.1) is 5.92 Å². The highest BCUT2D eigenvalue weighted by Gasteiger charge is 2.35. The second-order valence-electron chi connectivity index (χ2n) is 6.56. The molecule has 0 aromatic heterocycles. The summed E-state index contributed by atoms with van der Waals surface area (Å²) in [5.74, 6) is -0.769. The van der Waals surface area contributed by atoms with E-state index >= 15 is 0 Å². The van der Waals surface area contributed by atoms with E-state index in [0.29, 0.717) is 24.3 Å². The standard InChI is InChI=1S/C21H23N3O3/c1-2-12-22-20(26)15-8-10-17(11-9-15)23-21(27)16-13-19(25)24(14-16)18-6-4-3-5-7-18/h3-11,16H,2,12-14H2,1H3,(H,22,26)(H,23,27). The van der Waals surface area contributed by atoms with Gasteiger partial charge in [0.2, 0.25) is 11.8 Å². The second kappa shape index (κ2) is 8.49. The van der Waals surface area contributed by atoms with E-state index < -0.39 is 5.92 Å². The summed E-state index contributed by atoms with van der Waals surface area (Å²) in [6, 6.07) is 16.1. The molecule has 1 atom stereocenters. The van der Waals surface area contributed by atoms with Crippen LogP contribution in [0.25, 0.3) is 0 Å². The Morgan fingerprint density at radius 2 is 1.78 bits per heavy atom. The molecule has 27 heavy (non-hydrogen) atoms. The van der Waals surface area contributed by atoms with Crippen molar-refractivity contribution in [2.75, 3.05) is 23.3 Å². The Balaban J connectivity index is 1.59. The fourth-order valence-corrected chi connectivity index (χ4v) is 3.03. The zero-order chi connectivity index (χ0) is 19.2. The van der Waals surface area contributed by atoms with E-state index in [4.69, 9.17) is 0 Å². The van der Waals surface area contributed by atoms with Gasteiger partial charge in [0.15, 0.2) is 0 Å². The highest BCUT2D eigenvalue weighted by atomic mass is 16.2. The lowest BCUT2D eigenvalue weighted by Crippen LogP contribution is -2.28. The average molecular weight is 365 g/mol. The van der Waals surface area contributed by atoms with Gasteiger partial charge >= 0.3 is 0 Å². The number of carbonyl (C=O) groups is 3. The summed E-state index contributed by atoms with van der Waals surface area (Å²) in [4.78, 5) is 38.3. The van der Waals surface area contributed by atoms with Crippen molar-refractivity contribution in [3.8, 4) is 0 Å². The van der Waals surface area contributed by atoms with Gasteiger partial charge in [-0.15, -0.1) is 0 Å². The number of carbonyl (C=O) groups excluding carboxylic acids is 3. The molecule has 6 heteroatoms. The number of hydrogen-bond donors (Lipinski definition) is 2. The minimum atomic E-state index is -0.398. The number of benzene rings is 2. The van der Waals surface area contributed by atoms with E-state index in [2.05, 4.69) is 10.6 Å². The summed E-state index contributed by atoms with van der Waals surface area (Å²) in [5.41, 5.74) is 1.96. The van der Waals surface area contributed by atoms with Crippen LogP contribution in [-0.2, 0) is 9.59 Å². The van der Waals surface area contributed by atoms with E-state index in [9.17, 15) is 14.4 Å². The lowest BCUT2D eigenvalue weighted by atomic mass is 10.1. The summed E-state index contributed by atoms with van der Waals surface area (Å²) in [6.07, 6.45) is 1.07. The number of para-hydroxylation sites is 1. The second-order valence-corrected chi connectivity index (χ2v) is 6.56. The predicted molar refractivity (Wildman–Crippen MR) is 105 cm³/mol. The van der Waals surface area contributed by atoms with E-state index in [-0.39, 0.29) is 24.1 Å². The zero-order valence-corrected chi connectivity index (χ0v) is 15.3. The van der Waals surface area contributed by atoms with E-state index in [1.165, 1.54) is 0 Å². The van der Waals surface area contributed by atoms with Gasteiger partial charge in [0.05, 0.1) is 5.92 Å². The van der Waals surface area contributed by atoms with Gasteiger partial charge < -0.3 is 15.5 Å². The van der Waals surface area contributed by atoms with Gasteiger partial charge in [0.25, 0.3) is 5.91 Å². The summed E-state index contributed by atoms with van der Waals surface area (Å²) >= 11 is 0. The molecule has 1 aliphatic heterocycles. The number of rotatable bonds is 6. The summed E-state index contributed by atoms with van der Waals surface area (Å²) in [7, 11) is 0. The monoisotopic (exact) mass is 365 g/mol. The Labute approximate surface area is 158 Å². The highest BCUT2D eigenvalue weighted by Crippen LogP contribution is 2.25. The van der Waals surface area contributed by atoms with Crippen LogP contribution in [0.2, 0.25) is 0 Å². The van der Waals surface area contributed by atoms with Crippen LogP contribution >= 0.6 is 0 Å². The van der Waals surface area contributed by atoms with Crippen molar-refractivity contribution in [1.29, 1.82) is 0 Å². The maximum atomic E-state index is 12.5. The Morgan fingerprint density at radius 1 is 1.07 bits per heavy atom. The molecule has 0 spiro atoms. The van der Waals surface area contributed by atoms with Gasteiger partial charge in [-0.2, -0.15) is 0 Å². The van der Waals surface area contributed by atoms with Crippen LogP contribution in [0.3, 0.4) is 0 Å². The normalized spacial score (nSPS) is 16.3. The third kappa shape index (κ3) is 4.53. The molecule has 1 aliphatic rings. The molecule has 1 unspecified atom stereocenters. The molecule has 0 radical (unpaired) electrons. The molecule has 0 aliphatic carbocycles. The van der Waals surface area contributed by atoms with Gasteiger partial charge in [-0.3, -0.25) is 14.4 Å². The zero-order valence-electron chi connectivity index (χ0n) is 15.3. The Bertz CT molecular complexity index is 818. The molecule has 2 N–H and O–H groups in total. The van der Waals surface area contributed by atoms with Crippen molar-refractivity contribution in [3.05, 3.63) is 60.2 Å². The molecule has 3 rings (SSSR count). The van der Waals surface area contributed by atoms with Gasteiger partial charge in [0.1, 0.15) is 0 Å². The van der Waals surface area contributed by atoms with Crippen LogP contribution in [0.5, 0.6) is 0 Å². The molecule has 6 nitrogen and oxygen atoms in total. The molecule has 140 valence electrons. The molecule has 3 amide bonds. The number of nitrogens with one attached hydrogen (secondary N) is 2. The number of amides is 3. The fraction of sp³-hybridized carbons (Fsp3) is 0.286. The van der Waals surface area contributed by atoms with E-state index in [1.807, 2.05) is 37.3 Å². The molecule has 2 aromatic carbocycles. The minimum absolute atomic E-state index is 0.0516. The van der Waals surface area contributed by atoms with Crippen LogP contribution in [0.15, 0.2) is 54.6 Å². The third-order valence-electron chi connectivity index (χ3n) is 4.51. The van der Waals surface area contributed by atoms with E-state index in [0.717, 1.165) is 12.1 Å². The topological polar surface area (TPSA) is 78.5 Å². The van der Waals surface area contributed by atoms with Crippen LogP contribution < -0.4 is 15.5 Å². The minimum Gasteiger partial charge on any atom is -0.352 e. The predicted octanol–water partition coefficient (Wildman–Crippen LogP) is 2.82. The van der Waals surface area contributed by atoms with Crippen LogP contribution in [0.1, 0.15) is 30.1 Å². The van der Waals surface area contributed by atoms with Gasteiger partial charge in [0, 0.05) is 36.4 Å². The van der Waals surface area contributed by atoms with Crippen molar-refractivity contribution >= 4 is 29.1 Å². The smallest absolute Gasteiger partial charge is 0.251 e. The highest BCUT2D eigenvalue weighted by molar-refractivity contribution is 6.03. The SMILES string of the molecule is CCCNC(=O)c1ccc(NC(=O)C2CC(=O)N(c3ccccc3)C2)cc1. The average Bonchev–Trinajstić information content (AvgIpc) is 3.09. The number of nitrogens with zero attached hydrogens (tertiary/aromatic N) is 1. The maximum absolute atomic E-state index is 12.5. The Kier molecular flexibility index (Phi) is 5.86. The van der Waals surface area contributed by atoms with Crippen molar-refractivity contribution in [3.63, 3.8) is 0 Å². The molecule has 1 saturated heterocycles. The molecule has 2 aromatic rings. The van der Waals surface area contributed by atoms with Crippen molar-refractivity contribution in [2.45, 2.75) is 19.8 Å². The van der Waals surface area contributed by atoms with Crippen LogP contribution in [-0.4, -0.2) is 30.8 Å². The molecule has 1 fully saturated rings. The first-order valence-corrected chi connectivity index (χ1v) is 9.13. The molecular weight excluding hydrogens is 342 g/mol.